The van der Waals surface area contributed by atoms with Crippen molar-refractivity contribution in [1.29, 1.82) is 5.26 Å². The quantitative estimate of drug-likeness (QED) is 0.860. The normalized spacial score (nSPS) is 17.5. The van der Waals surface area contributed by atoms with Gasteiger partial charge in [-0.1, -0.05) is 42.5 Å². The number of likely N-dealkylation sites (tertiary alicyclic amines) is 1. The van der Waals surface area contributed by atoms with Gasteiger partial charge in [-0.25, -0.2) is 5.14 Å². The molecule has 0 saturated carbocycles. The molecule has 1 aliphatic heterocycles. The van der Waals surface area contributed by atoms with Crippen LogP contribution in [0.1, 0.15) is 6.42 Å². The second-order valence-electron chi connectivity index (χ2n) is 5.74. The Kier molecular flexibility index (Phi) is 4.42. The zero-order valence-electron chi connectivity index (χ0n) is 13.0. The van der Waals surface area contributed by atoms with Crippen molar-refractivity contribution >= 4 is 15.9 Å². The van der Waals surface area contributed by atoms with Crippen LogP contribution in [0.15, 0.2) is 54.6 Å². The standard InChI is InChI=1S/C17H18N4O2S/c18-13-20-11-10-17(12-20)21(24(19,22)23)16-8-6-15(7-9-16)14-4-2-1-3-5-14/h1-9,17H,10-12H2,(H2,19,22,23). The van der Waals surface area contributed by atoms with Gasteiger partial charge < -0.3 is 4.90 Å². The zero-order chi connectivity index (χ0) is 17.2. The molecule has 0 amide bonds. The predicted octanol–water partition coefficient (Wildman–Crippen LogP) is 1.92. The highest BCUT2D eigenvalue weighted by atomic mass is 32.2. The van der Waals surface area contributed by atoms with E-state index >= 15 is 0 Å². The maximum atomic E-state index is 12.1. The number of hydrogen-bond donors (Lipinski definition) is 1. The fraction of sp³-hybridized carbons (Fsp3) is 0.235. The summed E-state index contributed by atoms with van der Waals surface area (Å²) < 4.78 is 25.4. The number of anilines is 1. The molecule has 0 aromatic heterocycles. The summed E-state index contributed by atoms with van der Waals surface area (Å²) in [6, 6.07) is 16.8. The third-order valence-corrected chi connectivity index (χ3v) is 5.20. The Labute approximate surface area is 141 Å². The molecule has 3 rings (SSSR count). The van der Waals surface area contributed by atoms with Gasteiger partial charge in [0.1, 0.15) is 0 Å². The molecule has 1 unspecified atom stereocenters. The highest BCUT2D eigenvalue weighted by Gasteiger charge is 2.33. The average molecular weight is 342 g/mol. The van der Waals surface area contributed by atoms with Crippen molar-refractivity contribution in [3.05, 3.63) is 54.6 Å². The van der Waals surface area contributed by atoms with E-state index in [1.54, 1.807) is 17.0 Å². The van der Waals surface area contributed by atoms with E-state index in [-0.39, 0.29) is 6.04 Å². The van der Waals surface area contributed by atoms with Gasteiger partial charge in [-0.2, -0.15) is 13.7 Å². The molecule has 1 saturated heterocycles. The first-order valence-corrected chi connectivity index (χ1v) is 9.11. The average Bonchev–Trinajstić information content (AvgIpc) is 3.04. The second kappa shape index (κ2) is 6.51. The maximum absolute atomic E-state index is 12.1. The van der Waals surface area contributed by atoms with E-state index in [0.29, 0.717) is 25.2 Å². The van der Waals surface area contributed by atoms with Crippen LogP contribution in [0.25, 0.3) is 11.1 Å². The number of benzene rings is 2. The minimum Gasteiger partial charge on any atom is -0.308 e. The topological polar surface area (TPSA) is 90.4 Å². The van der Waals surface area contributed by atoms with Crippen LogP contribution in [0.5, 0.6) is 0 Å². The maximum Gasteiger partial charge on any atom is 0.299 e. The fourth-order valence-electron chi connectivity index (χ4n) is 3.02. The molecule has 2 aromatic rings. The first-order chi connectivity index (χ1) is 11.5. The monoisotopic (exact) mass is 342 g/mol. The van der Waals surface area contributed by atoms with Crippen molar-refractivity contribution in [1.82, 2.24) is 4.90 Å². The first kappa shape index (κ1) is 16.3. The smallest absolute Gasteiger partial charge is 0.299 e. The summed E-state index contributed by atoms with van der Waals surface area (Å²) in [5.41, 5.74) is 2.57. The molecule has 0 radical (unpaired) electrons. The molecular weight excluding hydrogens is 324 g/mol. The minimum atomic E-state index is -3.91. The van der Waals surface area contributed by atoms with E-state index < -0.39 is 10.2 Å². The molecular formula is C17H18N4O2S. The third-order valence-electron chi connectivity index (χ3n) is 4.14. The van der Waals surface area contributed by atoms with E-state index in [1.165, 1.54) is 4.31 Å². The van der Waals surface area contributed by atoms with Gasteiger partial charge in [0.2, 0.25) is 0 Å². The molecule has 0 aliphatic carbocycles. The Balaban J connectivity index is 1.91. The fourth-order valence-corrected chi connectivity index (χ4v) is 4.02. The Morgan fingerprint density at radius 2 is 1.71 bits per heavy atom. The highest BCUT2D eigenvalue weighted by Crippen LogP contribution is 2.28. The van der Waals surface area contributed by atoms with Gasteiger partial charge in [0, 0.05) is 13.1 Å². The van der Waals surface area contributed by atoms with Gasteiger partial charge >= 0.3 is 0 Å². The van der Waals surface area contributed by atoms with Crippen LogP contribution in [-0.4, -0.2) is 32.4 Å². The predicted molar refractivity (Wildman–Crippen MR) is 93.1 cm³/mol. The summed E-state index contributed by atoms with van der Waals surface area (Å²) in [6.07, 6.45) is 2.63. The molecule has 2 N–H and O–H groups in total. The number of rotatable bonds is 4. The van der Waals surface area contributed by atoms with Gasteiger partial charge in [0.05, 0.1) is 11.7 Å². The van der Waals surface area contributed by atoms with Crippen LogP contribution in [0.4, 0.5) is 5.69 Å². The van der Waals surface area contributed by atoms with Crippen LogP contribution >= 0.6 is 0 Å². The molecule has 1 heterocycles. The Hall–Kier alpha value is -2.56. The minimum absolute atomic E-state index is 0.331. The lowest BCUT2D eigenvalue weighted by Crippen LogP contribution is -2.45. The molecule has 6 nitrogen and oxygen atoms in total. The van der Waals surface area contributed by atoms with Crippen molar-refractivity contribution in [3.8, 4) is 17.3 Å². The van der Waals surface area contributed by atoms with Gasteiger partial charge in [0.25, 0.3) is 10.2 Å². The van der Waals surface area contributed by atoms with Crippen molar-refractivity contribution in [2.75, 3.05) is 17.4 Å². The largest absolute Gasteiger partial charge is 0.308 e. The summed E-state index contributed by atoms with van der Waals surface area (Å²) >= 11 is 0. The molecule has 7 heteroatoms. The van der Waals surface area contributed by atoms with Crippen LogP contribution in [-0.2, 0) is 10.2 Å². The third kappa shape index (κ3) is 3.35. The van der Waals surface area contributed by atoms with E-state index in [1.807, 2.05) is 42.5 Å². The van der Waals surface area contributed by atoms with Crippen LogP contribution < -0.4 is 9.44 Å². The summed E-state index contributed by atoms with van der Waals surface area (Å²) in [5.74, 6) is 0. The van der Waals surface area contributed by atoms with Crippen molar-refractivity contribution in [3.63, 3.8) is 0 Å². The molecule has 1 atom stereocenters. The van der Waals surface area contributed by atoms with E-state index in [2.05, 4.69) is 6.19 Å². The highest BCUT2D eigenvalue weighted by molar-refractivity contribution is 7.90. The molecule has 0 bridgehead atoms. The van der Waals surface area contributed by atoms with E-state index in [0.717, 1.165) is 11.1 Å². The van der Waals surface area contributed by atoms with Crippen LogP contribution in [0.2, 0.25) is 0 Å². The molecule has 24 heavy (non-hydrogen) atoms. The number of nitrogens with zero attached hydrogens (tertiary/aromatic N) is 3. The molecule has 124 valence electrons. The summed E-state index contributed by atoms with van der Waals surface area (Å²) in [5, 5.41) is 14.4. The summed E-state index contributed by atoms with van der Waals surface area (Å²) in [4.78, 5) is 1.54. The Bertz CT molecular complexity index is 844. The lowest BCUT2D eigenvalue weighted by atomic mass is 10.1. The number of nitrogens with two attached hydrogens (primary N) is 1. The summed E-state index contributed by atoms with van der Waals surface area (Å²) in [6.45, 7) is 0.892. The molecule has 2 aromatic carbocycles. The van der Waals surface area contributed by atoms with E-state index in [9.17, 15) is 8.42 Å². The second-order valence-corrected chi connectivity index (χ2v) is 7.17. The van der Waals surface area contributed by atoms with Gasteiger partial charge in [-0.3, -0.25) is 4.31 Å². The van der Waals surface area contributed by atoms with Gasteiger partial charge in [0.15, 0.2) is 6.19 Å². The first-order valence-electron chi connectivity index (χ1n) is 7.61. The number of nitriles is 1. The molecule has 1 aliphatic rings. The Morgan fingerprint density at radius 1 is 1.08 bits per heavy atom. The number of hydrogen-bond acceptors (Lipinski definition) is 4. The van der Waals surface area contributed by atoms with Crippen LogP contribution in [0, 0.1) is 11.5 Å². The van der Waals surface area contributed by atoms with Gasteiger partial charge in [-0.05, 0) is 29.7 Å². The lowest BCUT2D eigenvalue weighted by molar-refractivity contribution is 0.477. The zero-order valence-corrected chi connectivity index (χ0v) is 13.9. The Morgan fingerprint density at radius 3 is 2.25 bits per heavy atom. The lowest BCUT2D eigenvalue weighted by Gasteiger charge is -2.28. The van der Waals surface area contributed by atoms with E-state index in [4.69, 9.17) is 10.4 Å². The molecule has 1 fully saturated rings. The van der Waals surface area contributed by atoms with Crippen LogP contribution in [0.3, 0.4) is 0 Å². The van der Waals surface area contributed by atoms with Crippen molar-refractivity contribution in [2.45, 2.75) is 12.5 Å². The van der Waals surface area contributed by atoms with Crippen molar-refractivity contribution < 1.29 is 8.42 Å². The summed E-state index contributed by atoms with van der Waals surface area (Å²) in [7, 11) is -3.91. The SMILES string of the molecule is N#CN1CCC(N(c2ccc(-c3ccccc3)cc2)S(N)(=O)=O)C1. The van der Waals surface area contributed by atoms with Gasteiger partial charge in [-0.15, -0.1) is 0 Å². The van der Waals surface area contributed by atoms with Crippen molar-refractivity contribution in [2.24, 2.45) is 5.14 Å². The molecule has 0 spiro atoms.